The number of carbonyl (C=O) groups excluding carboxylic acids is 1. The van der Waals surface area contributed by atoms with E-state index in [1.807, 2.05) is 27.0 Å². The van der Waals surface area contributed by atoms with Gasteiger partial charge in [-0.25, -0.2) is 4.79 Å². The number of esters is 1. The number of aromatic amines is 1. The van der Waals surface area contributed by atoms with Crippen LogP contribution in [0.5, 0.6) is 0 Å². The van der Waals surface area contributed by atoms with Crippen molar-refractivity contribution in [3.63, 3.8) is 0 Å². The standard InChI is InChI=1S/C13H18N4O2S/c1-8-5-10(14-12(8)13(18)19-4)6-17(3)7-11-16-15-9(2)20-11/h5,14H,6-7H2,1-4H3. The molecule has 0 aromatic carbocycles. The van der Waals surface area contributed by atoms with Gasteiger partial charge in [0.05, 0.1) is 13.7 Å². The molecular weight excluding hydrogens is 276 g/mol. The molecule has 108 valence electrons. The third-order valence-corrected chi connectivity index (χ3v) is 3.70. The first-order valence-electron chi connectivity index (χ1n) is 6.24. The first-order chi connectivity index (χ1) is 9.49. The molecule has 2 aromatic rings. The lowest BCUT2D eigenvalue weighted by molar-refractivity contribution is 0.0593. The monoisotopic (exact) mass is 294 g/mol. The number of carbonyl (C=O) groups is 1. The van der Waals surface area contributed by atoms with Gasteiger partial charge in [0.15, 0.2) is 0 Å². The largest absolute Gasteiger partial charge is 0.464 e. The summed E-state index contributed by atoms with van der Waals surface area (Å²) in [6.07, 6.45) is 0. The maximum absolute atomic E-state index is 11.5. The summed E-state index contributed by atoms with van der Waals surface area (Å²) in [7, 11) is 3.39. The number of nitrogens with zero attached hydrogens (tertiary/aromatic N) is 3. The Morgan fingerprint density at radius 1 is 1.40 bits per heavy atom. The molecule has 20 heavy (non-hydrogen) atoms. The van der Waals surface area contributed by atoms with Gasteiger partial charge in [-0.05, 0) is 32.5 Å². The predicted octanol–water partition coefficient (Wildman–Crippen LogP) is 1.90. The van der Waals surface area contributed by atoms with E-state index < -0.39 is 0 Å². The second-order valence-electron chi connectivity index (χ2n) is 4.73. The summed E-state index contributed by atoms with van der Waals surface area (Å²) in [5.41, 5.74) is 2.39. The molecule has 0 saturated heterocycles. The normalized spacial score (nSPS) is 11.1. The van der Waals surface area contributed by atoms with Crippen molar-refractivity contribution in [2.24, 2.45) is 0 Å². The smallest absolute Gasteiger partial charge is 0.354 e. The van der Waals surface area contributed by atoms with E-state index in [1.165, 1.54) is 7.11 Å². The fourth-order valence-corrected chi connectivity index (χ4v) is 2.80. The molecule has 2 heterocycles. The molecule has 0 aliphatic rings. The Labute approximate surface area is 121 Å². The Kier molecular flexibility index (Phi) is 4.51. The van der Waals surface area contributed by atoms with Crippen LogP contribution in [-0.2, 0) is 17.8 Å². The van der Waals surface area contributed by atoms with E-state index in [9.17, 15) is 4.79 Å². The van der Waals surface area contributed by atoms with Crippen molar-refractivity contribution in [1.29, 1.82) is 0 Å². The zero-order chi connectivity index (χ0) is 14.7. The fourth-order valence-electron chi connectivity index (χ4n) is 2.01. The first-order valence-corrected chi connectivity index (χ1v) is 7.05. The molecule has 0 bridgehead atoms. The average molecular weight is 294 g/mol. The highest BCUT2D eigenvalue weighted by atomic mass is 32.1. The van der Waals surface area contributed by atoms with Gasteiger partial charge in [0.2, 0.25) is 0 Å². The molecular formula is C13H18N4O2S. The molecule has 0 radical (unpaired) electrons. The molecule has 2 aromatic heterocycles. The highest BCUT2D eigenvalue weighted by Gasteiger charge is 2.14. The summed E-state index contributed by atoms with van der Waals surface area (Å²) in [5, 5.41) is 10.1. The van der Waals surface area contributed by atoms with Gasteiger partial charge in [0.25, 0.3) is 0 Å². The van der Waals surface area contributed by atoms with E-state index in [1.54, 1.807) is 11.3 Å². The molecule has 0 saturated carbocycles. The number of nitrogens with one attached hydrogen (secondary N) is 1. The molecule has 0 fully saturated rings. The van der Waals surface area contributed by atoms with Gasteiger partial charge in [-0.1, -0.05) is 0 Å². The Bertz CT molecular complexity index is 605. The minimum absolute atomic E-state index is 0.337. The number of hydrogen-bond donors (Lipinski definition) is 1. The van der Waals surface area contributed by atoms with E-state index in [2.05, 4.69) is 20.1 Å². The molecule has 0 aliphatic heterocycles. The quantitative estimate of drug-likeness (QED) is 0.853. The van der Waals surface area contributed by atoms with E-state index in [0.29, 0.717) is 12.2 Å². The molecule has 0 unspecified atom stereocenters. The van der Waals surface area contributed by atoms with E-state index >= 15 is 0 Å². The lowest BCUT2D eigenvalue weighted by atomic mass is 10.2. The Hall–Kier alpha value is -1.73. The minimum Gasteiger partial charge on any atom is -0.464 e. The third-order valence-electron chi connectivity index (χ3n) is 2.87. The van der Waals surface area contributed by atoms with E-state index in [0.717, 1.165) is 27.8 Å². The molecule has 2 rings (SSSR count). The maximum Gasteiger partial charge on any atom is 0.354 e. The number of ether oxygens (including phenoxy) is 1. The lowest BCUT2D eigenvalue weighted by Gasteiger charge is -2.13. The highest BCUT2D eigenvalue weighted by molar-refractivity contribution is 7.11. The summed E-state index contributed by atoms with van der Waals surface area (Å²) < 4.78 is 4.73. The van der Waals surface area contributed by atoms with Crippen LogP contribution in [0.15, 0.2) is 6.07 Å². The van der Waals surface area contributed by atoms with Gasteiger partial charge in [0.1, 0.15) is 15.7 Å². The van der Waals surface area contributed by atoms with Gasteiger partial charge in [0, 0.05) is 12.2 Å². The maximum atomic E-state index is 11.5. The van der Waals surface area contributed by atoms with Crippen LogP contribution in [0.2, 0.25) is 0 Å². The summed E-state index contributed by atoms with van der Waals surface area (Å²) in [5.74, 6) is -0.337. The van der Waals surface area contributed by atoms with Crippen LogP contribution >= 0.6 is 11.3 Å². The number of aromatic nitrogens is 3. The van der Waals surface area contributed by atoms with Gasteiger partial charge in [-0.15, -0.1) is 21.5 Å². The topological polar surface area (TPSA) is 71.1 Å². The summed E-state index contributed by atoms with van der Waals surface area (Å²) in [6.45, 7) is 5.27. The molecule has 7 heteroatoms. The first kappa shape index (κ1) is 14.7. The van der Waals surface area contributed by atoms with Crippen molar-refractivity contribution in [2.75, 3.05) is 14.2 Å². The van der Waals surface area contributed by atoms with Crippen LogP contribution in [0.25, 0.3) is 0 Å². The Morgan fingerprint density at radius 3 is 2.75 bits per heavy atom. The molecule has 0 aliphatic carbocycles. The number of H-pyrrole nitrogens is 1. The summed E-state index contributed by atoms with van der Waals surface area (Å²) in [4.78, 5) is 16.8. The number of methoxy groups -OCH3 is 1. The minimum atomic E-state index is -0.337. The van der Waals surface area contributed by atoms with Crippen molar-refractivity contribution in [1.82, 2.24) is 20.1 Å². The van der Waals surface area contributed by atoms with Crippen molar-refractivity contribution in [2.45, 2.75) is 26.9 Å². The van der Waals surface area contributed by atoms with E-state index in [-0.39, 0.29) is 5.97 Å². The molecule has 0 atom stereocenters. The van der Waals surface area contributed by atoms with Crippen LogP contribution < -0.4 is 0 Å². The second kappa shape index (κ2) is 6.15. The van der Waals surface area contributed by atoms with Gasteiger partial charge < -0.3 is 9.72 Å². The van der Waals surface area contributed by atoms with Gasteiger partial charge in [-0.2, -0.15) is 0 Å². The van der Waals surface area contributed by atoms with Gasteiger partial charge >= 0.3 is 5.97 Å². The summed E-state index contributed by atoms with van der Waals surface area (Å²) in [6, 6.07) is 1.97. The third kappa shape index (κ3) is 3.43. The van der Waals surface area contributed by atoms with Crippen molar-refractivity contribution in [3.8, 4) is 0 Å². The van der Waals surface area contributed by atoms with Crippen LogP contribution in [-0.4, -0.2) is 40.2 Å². The molecule has 1 N–H and O–H groups in total. The van der Waals surface area contributed by atoms with Crippen molar-refractivity contribution < 1.29 is 9.53 Å². The zero-order valence-electron chi connectivity index (χ0n) is 12.1. The molecule has 0 spiro atoms. The van der Waals surface area contributed by atoms with Crippen molar-refractivity contribution >= 4 is 17.3 Å². The number of aryl methyl sites for hydroxylation is 2. The van der Waals surface area contributed by atoms with Crippen LogP contribution in [0.4, 0.5) is 0 Å². The van der Waals surface area contributed by atoms with Crippen LogP contribution in [0.1, 0.15) is 31.8 Å². The Balaban J connectivity index is 2.01. The SMILES string of the molecule is COC(=O)c1[nH]c(CN(C)Cc2nnc(C)s2)cc1C. The molecule has 0 amide bonds. The van der Waals surface area contributed by atoms with Crippen LogP contribution in [0.3, 0.4) is 0 Å². The predicted molar refractivity (Wildman–Crippen MR) is 76.7 cm³/mol. The summed E-state index contributed by atoms with van der Waals surface area (Å²) >= 11 is 1.60. The Morgan fingerprint density at radius 2 is 2.15 bits per heavy atom. The second-order valence-corrected chi connectivity index (χ2v) is 6.00. The lowest BCUT2D eigenvalue weighted by Crippen LogP contribution is -2.17. The van der Waals surface area contributed by atoms with Gasteiger partial charge in [-0.3, -0.25) is 4.90 Å². The number of rotatable bonds is 5. The number of hydrogen-bond acceptors (Lipinski definition) is 6. The zero-order valence-corrected chi connectivity index (χ0v) is 12.9. The van der Waals surface area contributed by atoms with Crippen LogP contribution in [0, 0.1) is 13.8 Å². The molecule has 6 nitrogen and oxygen atoms in total. The fraction of sp³-hybridized carbons (Fsp3) is 0.462. The average Bonchev–Trinajstić information content (AvgIpc) is 2.94. The van der Waals surface area contributed by atoms with Crippen molar-refractivity contribution in [3.05, 3.63) is 33.0 Å². The highest BCUT2D eigenvalue weighted by Crippen LogP contribution is 2.15. The van der Waals surface area contributed by atoms with E-state index in [4.69, 9.17) is 4.74 Å².